The molecule has 5 nitrogen and oxygen atoms in total. The number of hydrogen-bond donors (Lipinski definition) is 0. The second-order valence-corrected chi connectivity index (χ2v) is 30.2. The molecule has 0 radical (unpaired) electrons. The molecule has 8 aliphatic rings. The Hall–Kier alpha value is -12.6. The van der Waals surface area contributed by atoms with Crippen molar-refractivity contribution in [2.24, 2.45) is 11.8 Å². The number of nitrogens with zero attached hydrogens (tertiary/aromatic N) is 5. The Bertz CT molecular complexity index is 5760. The fourth-order valence-electron chi connectivity index (χ4n) is 20.4. The molecule has 0 amide bonds. The number of para-hydroxylation sites is 6. The highest BCUT2D eigenvalue weighted by atomic mass is 15.2. The van der Waals surface area contributed by atoms with Gasteiger partial charge in [0.2, 0.25) is 0 Å². The predicted molar refractivity (Wildman–Crippen MR) is 447 cm³/mol. The first kappa shape index (κ1) is 61.0. The van der Waals surface area contributed by atoms with Crippen molar-refractivity contribution in [1.82, 2.24) is 0 Å². The van der Waals surface area contributed by atoms with E-state index in [-0.39, 0.29) is 13.4 Å². The van der Waals surface area contributed by atoms with Crippen LogP contribution in [0.2, 0.25) is 0 Å². The SMILES string of the molecule is c1ccc(-c2cccc(-c3ccccc3)c2N2c3ccccc3B3c4cc5c(cc4N(c4ccccc4)c4cc(N6C7CC8CC(C7)CC6C8)cc2c43)N(c2c(-c3ccccc3)cccc2-c2ccccc2)c2cccc3c2B5c2ccccc2N3c2c(-c3ccccc3)cccc2-c2ccccc2)cc1. The molecule has 2 saturated carbocycles. The van der Waals surface area contributed by atoms with Gasteiger partial charge < -0.3 is 24.5 Å². The molecule has 0 atom stereocenters. The van der Waals surface area contributed by atoms with Gasteiger partial charge >= 0.3 is 0 Å². The molecule has 4 bridgehead atoms. The van der Waals surface area contributed by atoms with Gasteiger partial charge in [-0.05, 0) is 165 Å². The van der Waals surface area contributed by atoms with Crippen LogP contribution in [-0.2, 0) is 0 Å². The van der Waals surface area contributed by atoms with Gasteiger partial charge in [0.05, 0.1) is 17.1 Å². The number of benzene rings is 15. The van der Waals surface area contributed by atoms with Crippen LogP contribution in [0.15, 0.2) is 358 Å². The molecule has 7 heteroatoms. The average Bonchev–Trinajstić information content (AvgIpc) is 0.681. The van der Waals surface area contributed by atoms with Gasteiger partial charge in [-0.25, -0.2) is 0 Å². The minimum atomic E-state index is -0.206. The Kier molecular flexibility index (Phi) is 14.1. The molecule has 106 heavy (non-hydrogen) atoms. The summed E-state index contributed by atoms with van der Waals surface area (Å²) in [6.45, 7) is -0.393. The van der Waals surface area contributed by atoms with Crippen LogP contribution in [-0.4, -0.2) is 25.5 Å². The zero-order chi connectivity index (χ0) is 69.5. The molecule has 23 rings (SSSR count). The summed E-state index contributed by atoms with van der Waals surface area (Å²) >= 11 is 0. The molecule has 4 fully saturated rings. The van der Waals surface area contributed by atoms with E-state index in [0.717, 1.165) is 68.2 Å². The topological polar surface area (TPSA) is 16.2 Å². The third-order valence-corrected chi connectivity index (χ3v) is 24.5. The van der Waals surface area contributed by atoms with Gasteiger partial charge in [-0.3, -0.25) is 0 Å². The maximum absolute atomic E-state index is 2.94. The van der Waals surface area contributed by atoms with Crippen molar-refractivity contribution in [1.29, 1.82) is 0 Å². The monoisotopic (exact) mass is 1350 g/mol. The van der Waals surface area contributed by atoms with Crippen molar-refractivity contribution >= 4 is 120 Å². The fourth-order valence-corrected chi connectivity index (χ4v) is 20.4. The molecule has 2 saturated heterocycles. The van der Waals surface area contributed by atoms with E-state index in [4.69, 9.17) is 0 Å². The first-order valence-electron chi connectivity index (χ1n) is 38.1. The van der Waals surface area contributed by atoms with E-state index >= 15 is 0 Å². The summed E-state index contributed by atoms with van der Waals surface area (Å²) in [5.74, 6) is 1.59. The van der Waals surface area contributed by atoms with Crippen molar-refractivity contribution < 1.29 is 0 Å². The highest BCUT2D eigenvalue weighted by Gasteiger charge is 2.52. The Morgan fingerprint density at radius 1 is 0.208 bits per heavy atom. The first-order valence-corrected chi connectivity index (χ1v) is 38.1. The Morgan fingerprint density at radius 3 is 0.887 bits per heavy atom. The highest BCUT2D eigenvalue weighted by molar-refractivity contribution is 7.03. The third-order valence-electron chi connectivity index (χ3n) is 24.5. The highest BCUT2D eigenvalue weighted by Crippen LogP contribution is 2.58. The van der Waals surface area contributed by atoms with E-state index in [0.29, 0.717) is 12.1 Å². The molecule has 500 valence electrons. The standard InChI is InChI=1S/C99H73B2N5/c1-8-30-67(31-9-1)77-44-26-45-78(68-32-10-2-11-33-68)97(77)104-87-52-24-22-50-83(87)100-86-63-85-91(64-92(86)106(90-55-29-54-89(104)95(90)100)99-81(71-38-16-5-17-39-71)48-28-49-82(99)72-40-18-6-19-41-72)103(73-42-20-7-21-43-73)93-61-76(102-74-57-65-56-66(59-74)60-75(102)58-65)62-94-96(93)101(85)84-51-23-25-53-88(84)105(94)98-79(69-34-12-3-13-35-69)46-27-47-80(98)70-36-14-4-15-37-70/h1-55,61-66,74-75H,56-60H2. The summed E-state index contributed by atoms with van der Waals surface area (Å²) in [5.41, 5.74) is 37.2. The molecule has 2 aliphatic carbocycles. The van der Waals surface area contributed by atoms with Crippen LogP contribution in [0.5, 0.6) is 0 Å². The smallest absolute Gasteiger partial charge is 0.252 e. The van der Waals surface area contributed by atoms with Gasteiger partial charge in [-0.2, -0.15) is 0 Å². The maximum atomic E-state index is 2.94. The number of piperidine rings is 2. The van der Waals surface area contributed by atoms with Gasteiger partial charge in [0, 0.05) is 102 Å². The van der Waals surface area contributed by atoms with Crippen LogP contribution >= 0.6 is 0 Å². The normalized spacial score (nSPS) is 17.3. The predicted octanol–water partition coefficient (Wildman–Crippen LogP) is 21.6. The number of rotatable bonds is 11. The lowest BCUT2D eigenvalue weighted by Crippen LogP contribution is -2.65. The molecular formula is C99H73B2N5. The van der Waals surface area contributed by atoms with Crippen molar-refractivity contribution in [2.75, 3.05) is 24.5 Å². The molecule has 15 aromatic rings. The quantitative estimate of drug-likeness (QED) is 0.120. The third kappa shape index (κ3) is 9.44. The molecule has 0 spiro atoms. The Morgan fingerprint density at radius 2 is 0.500 bits per heavy atom. The fraction of sp³-hybridized carbons (Fsp3) is 0.0909. The average molecular weight is 1350 g/mol. The molecule has 0 unspecified atom stereocenters. The van der Waals surface area contributed by atoms with E-state index in [1.165, 1.54) is 149 Å². The molecule has 15 aromatic carbocycles. The van der Waals surface area contributed by atoms with Crippen LogP contribution in [0.25, 0.3) is 66.8 Å². The second kappa shape index (κ2) is 24.5. The van der Waals surface area contributed by atoms with Crippen LogP contribution < -0.4 is 57.3 Å². The summed E-state index contributed by atoms with van der Waals surface area (Å²) in [6.07, 6.45) is 6.41. The van der Waals surface area contributed by atoms with Crippen LogP contribution in [0.1, 0.15) is 32.1 Å². The van der Waals surface area contributed by atoms with Gasteiger partial charge in [-0.15, -0.1) is 0 Å². The van der Waals surface area contributed by atoms with Gasteiger partial charge in [0.1, 0.15) is 0 Å². The lowest BCUT2D eigenvalue weighted by Gasteiger charge is -2.58. The largest absolute Gasteiger partial charge is 0.365 e. The molecule has 6 heterocycles. The zero-order valence-corrected chi connectivity index (χ0v) is 58.8. The van der Waals surface area contributed by atoms with E-state index in [1.54, 1.807) is 0 Å². The summed E-state index contributed by atoms with van der Waals surface area (Å²) in [4.78, 5) is 13.7. The van der Waals surface area contributed by atoms with Crippen LogP contribution in [0, 0.1) is 11.8 Å². The summed E-state index contributed by atoms with van der Waals surface area (Å²) in [6, 6.07) is 137. The van der Waals surface area contributed by atoms with Crippen LogP contribution in [0.4, 0.5) is 73.9 Å². The van der Waals surface area contributed by atoms with Gasteiger partial charge in [-0.1, -0.05) is 303 Å². The van der Waals surface area contributed by atoms with Gasteiger partial charge in [0.25, 0.3) is 13.4 Å². The molecular weight excluding hydrogens is 1280 g/mol. The number of hydrogen-bond acceptors (Lipinski definition) is 5. The van der Waals surface area contributed by atoms with E-state index in [2.05, 4.69) is 382 Å². The molecule has 0 N–H and O–H groups in total. The summed E-state index contributed by atoms with van der Waals surface area (Å²) in [7, 11) is 0. The Balaban J connectivity index is 0.869. The minimum absolute atomic E-state index is 0.188. The van der Waals surface area contributed by atoms with Crippen molar-refractivity contribution in [2.45, 2.75) is 44.2 Å². The van der Waals surface area contributed by atoms with E-state index in [9.17, 15) is 0 Å². The molecule has 0 aromatic heterocycles. The van der Waals surface area contributed by atoms with Crippen molar-refractivity contribution in [3.8, 4) is 66.8 Å². The van der Waals surface area contributed by atoms with Crippen molar-refractivity contribution in [3.63, 3.8) is 0 Å². The Labute approximate surface area is 621 Å². The summed E-state index contributed by atoms with van der Waals surface area (Å²) in [5, 5.41) is 0. The maximum Gasteiger partial charge on any atom is 0.252 e. The number of fused-ring (bicyclic) bond motifs is 8. The van der Waals surface area contributed by atoms with Crippen LogP contribution in [0.3, 0.4) is 0 Å². The lowest BCUT2D eigenvalue weighted by molar-refractivity contribution is 0.0900. The minimum Gasteiger partial charge on any atom is -0.365 e. The summed E-state index contributed by atoms with van der Waals surface area (Å²) < 4.78 is 0. The van der Waals surface area contributed by atoms with Gasteiger partial charge in [0.15, 0.2) is 0 Å². The van der Waals surface area contributed by atoms with E-state index < -0.39 is 0 Å². The van der Waals surface area contributed by atoms with E-state index in [1.807, 2.05) is 0 Å². The number of anilines is 13. The second-order valence-electron chi connectivity index (χ2n) is 30.2. The molecule has 6 aliphatic heterocycles. The first-order chi connectivity index (χ1) is 52.6. The lowest BCUT2D eigenvalue weighted by atomic mass is 9.30. The van der Waals surface area contributed by atoms with Crippen molar-refractivity contribution in [3.05, 3.63) is 358 Å². The zero-order valence-electron chi connectivity index (χ0n) is 58.8.